The lowest BCUT2D eigenvalue weighted by molar-refractivity contribution is -0.153. The molecule has 27 heavy (non-hydrogen) atoms. The normalized spacial score (nSPS) is 10.8. The number of ether oxygens (including phenoxy) is 1. The summed E-state index contributed by atoms with van der Waals surface area (Å²) < 4.78 is 41.1. The highest BCUT2D eigenvalue weighted by atomic mass is 35.5. The van der Waals surface area contributed by atoms with Gasteiger partial charge in [-0.25, -0.2) is 0 Å². The number of carbonyl (C=O) groups excluding carboxylic acids is 1. The Kier molecular flexibility index (Phi) is 9.11. The number of alkyl halides is 3. The predicted octanol–water partition coefficient (Wildman–Crippen LogP) is 3.69. The summed E-state index contributed by atoms with van der Waals surface area (Å²) >= 11 is 0. The van der Waals surface area contributed by atoms with Crippen molar-refractivity contribution in [1.82, 2.24) is 4.90 Å². The predicted molar refractivity (Wildman–Crippen MR) is 100 cm³/mol. The lowest BCUT2D eigenvalue weighted by atomic mass is 10.1. The molecule has 0 saturated heterocycles. The van der Waals surface area contributed by atoms with E-state index < -0.39 is 12.8 Å². The second-order valence-electron chi connectivity index (χ2n) is 5.74. The largest absolute Gasteiger partial charge is 0.484 e. The number of rotatable bonds is 8. The van der Waals surface area contributed by atoms with E-state index in [2.05, 4.69) is 4.74 Å². The fourth-order valence-electron chi connectivity index (χ4n) is 2.42. The van der Waals surface area contributed by atoms with E-state index in [1.165, 1.54) is 24.3 Å². The summed E-state index contributed by atoms with van der Waals surface area (Å²) in [5.74, 6) is -0.151. The van der Waals surface area contributed by atoms with E-state index in [4.69, 9.17) is 5.73 Å². The molecule has 148 valence electrons. The number of halogens is 4. The number of carbonyl (C=O) groups is 1. The molecule has 2 aromatic rings. The van der Waals surface area contributed by atoms with Gasteiger partial charge in [0.1, 0.15) is 5.75 Å². The molecule has 8 heteroatoms. The van der Waals surface area contributed by atoms with E-state index in [0.29, 0.717) is 31.6 Å². The molecule has 0 unspecified atom stereocenters. The lowest BCUT2D eigenvalue weighted by Gasteiger charge is -2.22. The zero-order valence-corrected chi connectivity index (χ0v) is 15.4. The molecule has 0 fully saturated rings. The smallest absolute Gasteiger partial charge is 0.422 e. The summed E-state index contributed by atoms with van der Waals surface area (Å²) in [7, 11) is 0. The van der Waals surface area contributed by atoms with E-state index in [-0.39, 0.29) is 24.1 Å². The first-order valence-corrected chi connectivity index (χ1v) is 8.22. The first kappa shape index (κ1) is 22.8. The molecule has 0 aliphatic rings. The molecule has 0 radical (unpaired) electrons. The molecular formula is C19H22ClF3N2O2. The minimum Gasteiger partial charge on any atom is -0.484 e. The van der Waals surface area contributed by atoms with Crippen LogP contribution in [-0.4, -0.2) is 43.2 Å². The highest BCUT2D eigenvalue weighted by molar-refractivity contribution is 5.94. The third kappa shape index (κ3) is 7.88. The van der Waals surface area contributed by atoms with Gasteiger partial charge in [-0.05, 0) is 36.2 Å². The van der Waals surface area contributed by atoms with Gasteiger partial charge >= 0.3 is 6.18 Å². The van der Waals surface area contributed by atoms with Crippen LogP contribution in [-0.2, 0) is 6.42 Å². The van der Waals surface area contributed by atoms with Crippen LogP contribution in [0.15, 0.2) is 54.6 Å². The van der Waals surface area contributed by atoms with Gasteiger partial charge in [-0.2, -0.15) is 13.2 Å². The molecule has 0 aromatic heterocycles. The van der Waals surface area contributed by atoms with Crippen molar-refractivity contribution >= 4 is 18.3 Å². The molecule has 2 aromatic carbocycles. The van der Waals surface area contributed by atoms with Gasteiger partial charge in [-0.1, -0.05) is 30.3 Å². The van der Waals surface area contributed by atoms with Crippen LogP contribution in [0, 0.1) is 0 Å². The van der Waals surface area contributed by atoms with Crippen LogP contribution in [0.5, 0.6) is 5.75 Å². The highest BCUT2D eigenvalue weighted by Gasteiger charge is 2.28. The fourth-order valence-corrected chi connectivity index (χ4v) is 2.42. The zero-order valence-electron chi connectivity index (χ0n) is 14.6. The number of amides is 1. The fraction of sp³-hybridized carbons (Fsp3) is 0.316. The molecule has 2 rings (SSSR count). The molecule has 1 amide bonds. The van der Waals surface area contributed by atoms with Gasteiger partial charge in [0, 0.05) is 25.2 Å². The van der Waals surface area contributed by atoms with Crippen molar-refractivity contribution in [2.24, 2.45) is 5.73 Å². The Bertz CT molecular complexity index is 694. The van der Waals surface area contributed by atoms with Crippen molar-refractivity contribution in [3.8, 4) is 5.75 Å². The maximum atomic E-state index is 12.6. The van der Waals surface area contributed by atoms with Crippen molar-refractivity contribution in [3.05, 3.63) is 65.7 Å². The molecule has 0 atom stereocenters. The summed E-state index contributed by atoms with van der Waals surface area (Å²) in [5.41, 5.74) is 7.09. The average molecular weight is 403 g/mol. The first-order valence-electron chi connectivity index (χ1n) is 8.22. The number of hydrogen-bond acceptors (Lipinski definition) is 3. The van der Waals surface area contributed by atoms with Crippen molar-refractivity contribution < 1.29 is 22.7 Å². The Morgan fingerprint density at radius 3 is 2.19 bits per heavy atom. The molecular weight excluding hydrogens is 381 g/mol. The monoisotopic (exact) mass is 402 g/mol. The number of nitrogens with zero attached hydrogens (tertiary/aromatic N) is 1. The quantitative estimate of drug-likeness (QED) is 0.732. The summed E-state index contributed by atoms with van der Waals surface area (Å²) in [6.07, 6.45) is -3.71. The van der Waals surface area contributed by atoms with Gasteiger partial charge in [0.2, 0.25) is 0 Å². The molecule has 0 spiro atoms. The molecule has 0 heterocycles. The first-order chi connectivity index (χ1) is 12.4. The standard InChI is InChI=1S/C19H21F3N2O2.ClH/c20-19(21,22)14-26-17-8-6-16(7-9-17)18(25)24(13-11-23)12-10-15-4-2-1-3-5-15;/h1-9H,10-14,23H2;1H. The Morgan fingerprint density at radius 1 is 1.00 bits per heavy atom. The van der Waals surface area contributed by atoms with Crippen molar-refractivity contribution in [1.29, 1.82) is 0 Å². The van der Waals surface area contributed by atoms with Crippen LogP contribution < -0.4 is 10.5 Å². The number of benzene rings is 2. The second kappa shape index (κ2) is 10.8. The van der Waals surface area contributed by atoms with Gasteiger partial charge < -0.3 is 15.4 Å². The Balaban J connectivity index is 0.00000364. The average Bonchev–Trinajstić information content (AvgIpc) is 2.63. The van der Waals surface area contributed by atoms with E-state index in [1.54, 1.807) is 4.90 Å². The van der Waals surface area contributed by atoms with Gasteiger partial charge in [0.05, 0.1) is 0 Å². The topological polar surface area (TPSA) is 55.6 Å². The van der Waals surface area contributed by atoms with Crippen LogP contribution in [0.25, 0.3) is 0 Å². The van der Waals surface area contributed by atoms with Crippen LogP contribution >= 0.6 is 12.4 Å². The summed E-state index contributed by atoms with van der Waals surface area (Å²) in [5, 5.41) is 0. The molecule has 0 aliphatic carbocycles. The highest BCUT2D eigenvalue weighted by Crippen LogP contribution is 2.19. The third-order valence-electron chi connectivity index (χ3n) is 3.70. The molecule has 0 aliphatic heterocycles. The third-order valence-corrected chi connectivity index (χ3v) is 3.70. The van der Waals surface area contributed by atoms with Crippen molar-refractivity contribution in [2.45, 2.75) is 12.6 Å². The zero-order chi connectivity index (χ0) is 19.0. The lowest BCUT2D eigenvalue weighted by Crippen LogP contribution is -2.36. The van der Waals surface area contributed by atoms with Crippen LogP contribution in [0.1, 0.15) is 15.9 Å². The second-order valence-corrected chi connectivity index (χ2v) is 5.74. The maximum Gasteiger partial charge on any atom is 0.422 e. The Morgan fingerprint density at radius 2 is 1.63 bits per heavy atom. The summed E-state index contributed by atoms with van der Waals surface area (Å²) in [6, 6.07) is 15.4. The number of nitrogens with two attached hydrogens (primary N) is 1. The van der Waals surface area contributed by atoms with Gasteiger partial charge in [0.15, 0.2) is 6.61 Å². The van der Waals surface area contributed by atoms with Gasteiger partial charge in [-0.3, -0.25) is 4.79 Å². The summed E-state index contributed by atoms with van der Waals surface area (Å²) in [6.45, 7) is -0.131. The van der Waals surface area contributed by atoms with E-state index in [1.807, 2.05) is 30.3 Å². The van der Waals surface area contributed by atoms with Crippen molar-refractivity contribution in [2.75, 3.05) is 26.2 Å². The Hall–Kier alpha value is -2.25. The molecule has 0 bridgehead atoms. The molecule has 4 nitrogen and oxygen atoms in total. The number of hydrogen-bond donors (Lipinski definition) is 1. The minimum atomic E-state index is -4.40. The van der Waals surface area contributed by atoms with Crippen molar-refractivity contribution in [3.63, 3.8) is 0 Å². The Labute approximate surface area is 162 Å². The molecule has 2 N–H and O–H groups in total. The van der Waals surface area contributed by atoms with Crippen LogP contribution in [0.2, 0.25) is 0 Å². The van der Waals surface area contributed by atoms with Crippen LogP contribution in [0.3, 0.4) is 0 Å². The summed E-state index contributed by atoms with van der Waals surface area (Å²) in [4.78, 5) is 14.3. The SMILES string of the molecule is Cl.NCCN(CCc1ccccc1)C(=O)c1ccc(OCC(F)(F)F)cc1. The van der Waals surface area contributed by atoms with Gasteiger partial charge in [0.25, 0.3) is 5.91 Å². The van der Waals surface area contributed by atoms with E-state index in [0.717, 1.165) is 5.56 Å². The van der Waals surface area contributed by atoms with E-state index >= 15 is 0 Å². The maximum absolute atomic E-state index is 12.6. The molecule has 0 saturated carbocycles. The van der Waals surface area contributed by atoms with E-state index in [9.17, 15) is 18.0 Å². The minimum absolute atomic E-state index is 0. The van der Waals surface area contributed by atoms with Gasteiger partial charge in [-0.15, -0.1) is 12.4 Å². The van der Waals surface area contributed by atoms with Crippen LogP contribution in [0.4, 0.5) is 13.2 Å².